The van der Waals surface area contributed by atoms with Crippen LogP contribution < -0.4 is 0 Å². The van der Waals surface area contributed by atoms with E-state index in [9.17, 15) is 22.8 Å². The molecule has 4 aliphatic carbocycles. The molecule has 0 unspecified atom stereocenters. The predicted octanol–water partition coefficient (Wildman–Crippen LogP) is 4.91. The minimum Gasteiger partial charge on any atom is -0.469 e. The first kappa shape index (κ1) is 30.3. The molecule has 0 aliphatic heterocycles. The number of ether oxygens (including phenoxy) is 3. The van der Waals surface area contributed by atoms with Crippen molar-refractivity contribution in [2.24, 2.45) is 46.3 Å². The summed E-state index contributed by atoms with van der Waals surface area (Å²) in [5.74, 6) is 0.331. The van der Waals surface area contributed by atoms with Gasteiger partial charge in [-0.3, -0.25) is 13.8 Å². The number of fused-ring (bicyclic) bond motifs is 5. The maximum atomic E-state index is 14.1. The van der Waals surface area contributed by atoms with Gasteiger partial charge >= 0.3 is 12.1 Å². The van der Waals surface area contributed by atoms with Crippen molar-refractivity contribution in [1.29, 1.82) is 0 Å². The zero-order chi connectivity index (χ0) is 28.8. The van der Waals surface area contributed by atoms with Crippen molar-refractivity contribution in [2.45, 2.75) is 97.7 Å². The molecule has 0 spiro atoms. The van der Waals surface area contributed by atoms with Gasteiger partial charge in [0.05, 0.1) is 26.1 Å². The summed E-state index contributed by atoms with van der Waals surface area (Å²) in [5, 5.41) is 0. The quantitative estimate of drug-likeness (QED) is 0.296. The van der Waals surface area contributed by atoms with Gasteiger partial charge in [-0.25, -0.2) is 4.79 Å². The third kappa shape index (κ3) is 5.74. The molecule has 222 valence electrons. The monoisotopic (exact) mass is 570 g/mol. The van der Waals surface area contributed by atoms with Crippen LogP contribution in [0.5, 0.6) is 0 Å². The molecule has 4 aliphatic rings. The van der Waals surface area contributed by atoms with E-state index in [4.69, 9.17) is 18.4 Å². The van der Waals surface area contributed by atoms with Crippen LogP contribution >= 0.6 is 0 Å². The van der Waals surface area contributed by atoms with E-state index >= 15 is 0 Å². The van der Waals surface area contributed by atoms with E-state index in [0.29, 0.717) is 38.5 Å². The Kier molecular flexibility index (Phi) is 8.77. The molecule has 0 aromatic rings. The second-order valence-electron chi connectivity index (χ2n) is 13.0. The first-order valence-electron chi connectivity index (χ1n) is 14.6. The number of carbonyl (C=O) groups is 3. The van der Waals surface area contributed by atoms with Crippen LogP contribution in [0.4, 0.5) is 4.79 Å². The zero-order valence-electron chi connectivity index (χ0n) is 24.3. The highest BCUT2D eigenvalue weighted by Gasteiger charge is 2.66. The second-order valence-corrected chi connectivity index (χ2v) is 14.6. The fourth-order valence-corrected chi connectivity index (χ4v) is 9.84. The second kappa shape index (κ2) is 11.3. The van der Waals surface area contributed by atoms with Gasteiger partial charge in [-0.2, -0.15) is 8.42 Å². The van der Waals surface area contributed by atoms with Gasteiger partial charge in [0.25, 0.3) is 10.1 Å². The molecule has 0 heterocycles. The molecule has 0 radical (unpaired) electrons. The van der Waals surface area contributed by atoms with Gasteiger partial charge in [0.1, 0.15) is 11.9 Å². The molecule has 4 fully saturated rings. The highest BCUT2D eigenvalue weighted by atomic mass is 32.2. The first-order chi connectivity index (χ1) is 18.2. The standard InChI is InChI=1S/C29H46O9S/c1-7-36-27(32)37-19-12-13-28(3)18(14-19)15-23(38-39(6,33)34)26-21-10-9-20(17(2)8-11-25(31)35-5)29(21,4)24(30)16-22(26)28/h17-23,26H,7-16H2,1-6H3/t17-,18+,19-,20-,21+,22+,23-,26+,28+,29-/m1/s1. The molecule has 0 aromatic heterocycles. The fourth-order valence-electron chi connectivity index (χ4n) is 9.19. The van der Waals surface area contributed by atoms with Crippen molar-refractivity contribution < 1.29 is 41.2 Å². The normalized spacial score (nSPS) is 40.6. The van der Waals surface area contributed by atoms with Crippen molar-refractivity contribution in [3.8, 4) is 0 Å². The lowest BCUT2D eigenvalue weighted by atomic mass is 9.43. The largest absolute Gasteiger partial charge is 0.508 e. The topological polar surface area (TPSA) is 122 Å². The highest BCUT2D eigenvalue weighted by molar-refractivity contribution is 7.86. The van der Waals surface area contributed by atoms with E-state index in [1.807, 2.05) is 0 Å². The Labute approximate surface area is 233 Å². The summed E-state index contributed by atoms with van der Waals surface area (Å²) in [4.78, 5) is 37.9. The summed E-state index contributed by atoms with van der Waals surface area (Å²) < 4.78 is 46.2. The average Bonchev–Trinajstić information content (AvgIpc) is 3.21. The molecule has 10 heteroatoms. The number of methoxy groups -OCH3 is 1. The average molecular weight is 571 g/mol. The Bertz CT molecular complexity index is 1060. The highest BCUT2D eigenvalue weighted by Crippen LogP contribution is 2.68. The Balaban J connectivity index is 1.62. The van der Waals surface area contributed by atoms with Crippen LogP contribution in [-0.4, -0.2) is 58.5 Å². The van der Waals surface area contributed by atoms with Crippen LogP contribution in [-0.2, 0) is 38.1 Å². The number of esters is 1. The number of ketones is 1. The predicted molar refractivity (Wildman–Crippen MR) is 143 cm³/mol. The van der Waals surface area contributed by atoms with E-state index < -0.39 is 27.8 Å². The summed E-state index contributed by atoms with van der Waals surface area (Å²) in [5.41, 5.74) is -0.759. The third-order valence-corrected chi connectivity index (χ3v) is 11.7. The van der Waals surface area contributed by atoms with E-state index in [-0.39, 0.29) is 65.4 Å². The van der Waals surface area contributed by atoms with Gasteiger partial charge < -0.3 is 14.2 Å². The molecule has 4 rings (SSSR count). The molecule has 0 N–H and O–H groups in total. The Morgan fingerprint density at radius 3 is 2.46 bits per heavy atom. The van der Waals surface area contributed by atoms with Gasteiger partial charge in [-0.1, -0.05) is 20.8 Å². The maximum Gasteiger partial charge on any atom is 0.508 e. The Morgan fingerprint density at radius 1 is 1.10 bits per heavy atom. The zero-order valence-corrected chi connectivity index (χ0v) is 25.1. The summed E-state index contributed by atoms with van der Waals surface area (Å²) in [6, 6.07) is 0. The Morgan fingerprint density at radius 2 is 1.82 bits per heavy atom. The Hall–Kier alpha value is -1.68. The van der Waals surface area contributed by atoms with Crippen LogP contribution in [0, 0.1) is 46.3 Å². The molecule has 4 saturated carbocycles. The lowest BCUT2D eigenvalue weighted by Gasteiger charge is -2.62. The van der Waals surface area contributed by atoms with Gasteiger partial charge in [-0.05, 0) is 92.8 Å². The van der Waals surface area contributed by atoms with Crippen molar-refractivity contribution in [3.63, 3.8) is 0 Å². The number of carbonyl (C=O) groups excluding carboxylic acids is 3. The van der Waals surface area contributed by atoms with Crippen LogP contribution in [0.3, 0.4) is 0 Å². The van der Waals surface area contributed by atoms with Gasteiger partial charge in [-0.15, -0.1) is 0 Å². The summed E-state index contributed by atoms with van der Waals surface area (Å²) in [7, 11) is -2.34. The van der Waals surface area contributed by atoms with Gasteiger partial charge in [0.15, 0.2) is 0 Å². The minimum absolute atomic E-state index is 0.00115. The lowest BCUT2D eigenvalue weighted by molar-refractivity contribution is -0.177. The first-order valence-corrected chi connectivity index (χ1v) is 16.4. The minimum atomic E-state index is -3.73. The molecule has 0 amide bonds. The van der Waals surface area contributed by atoms with Crippen molar-refractivity contribution >= 4 is 28.0 Å². The fraction of sp³-hybridized carbons (Fsp3) is 0.897. The summed E-state index contributed by atoms with van der Waals surface area (Å²) in [6.07, 6.45) is 5.35. The summed E-state index contributed by atoms with van der Waals surface area (Å²) in [6.45, 7) is 8.42. The molecule has 0 aromatic carbocycles. The molecule has 0 saturated heterocycles. The lowest BCUT2D eigenvalue weighted by Crippen LogP contribution is -2.62. The van der Waals surface area contributed by atoms with Crippen molar-refractivity contribution in [1.82, 2.24) is 0 Å². The summed E-state index contributed by atoms with van der Waals surface area (Å²) >= 11 is 0. The number of hydrogen-bond acceptors (Lipinski definition) is 9. The van der Waals surface area contributed by atoms with E-state index in [0.717, 1.165) is 25.5 Å². The van der Waals surface area contributed by atoms with E-state index in [2.05, 4.69) is 20.8 Å². The van der Waals surface area contributed by atoms with Crippen LogP contribution in [0.2, 0.25) is 0 Å². The molecular weight excluding hydrogens is 524 g/mol. The van der Waals surface area contributed by atoms with Crippen molar-refractivity contribution in [2.75, 3.05) is 20.0 Å². The van der Waals surface area contributed by atoms with E-state index in [1.54, 1.807) is 6.92 Å². The maximum absolute atomic E-state index is 14.1. The van der Waals surface area contributed by atoms with Crippen LogP contribution in [0.25, 0.3) is 0 Å². The van der Waals surface area contributed by atoms with Gasteiger partial charge in [0, 0.05) is 18.3 Å². The SMILES string of the molecule is CCOC(=O)O[C@@H]1CC[C@@]2(C)[C@@H](C1)C[C@@H](OS(C)(=O)=O)[C@@H]1[C@@H]2CC(=O)[C@]2(C)[C@@H]([C@H](C)CCC(=O)OC)CC[C@@H]12. The molecule has 9 nitrogen and oxygen atoms in total. The molecule has 39 heavy (non-hydrogen) atoms. The number of Topliss-reactive ketones (excluding diaryl/α,β-unsaturated/α-hetero) is 1. The number of rotatable bonds is 8. The molecule has 0 bridgehead atoms. The third-order valence-electron chi connectivity index (χ3n) is 11.1. The van der Waals surface area contributed by atoms with E-state index in [1.165, 1.54) is 7.11 Å². The smallest absolute Gasteiger partial charge is 0.469 e. The molecular formula is C29H46O9S. The van der Waals surface area contributed by atoms with Crippen LogP contribution in [0.1, 0.15) is 85.5 Å². The van der Waals surface area contributed by atoms with Crippen LogP contribution in [0.15, 0.2) is 0 Å². The van der Waals surface area contributed by atoms with Gasteiger partial charge in [0.2, 0.25) is 0 Å². The molecule has 10 atom stereocenters. The number of hydrogen-bond donors (Lipinski definition) is 0. The van der Waals surface area contributed by atoms with Crippen molar-refractivity contribution in [3.05, 3.63) is 0 Å².